The lowest BCUT2D eigenvalue weighted by Gasteiger charge is -2.27. The summed E-state index contributed by atoms with van der Waals surface area (Å²) in [7, 11) is 0. The highest BCUT2D eigenvalue weighted by molar-refractivity contribution is 6.30. The molecule has 0 spiro atoms. The lowest BCUT2D eigenvalue weighted by molar-refractivity contribution is 0.0734. The van der Waals surface area contributed by atoms with Gasteiger partial charge in [0.05, 0.1) is 11.1 Å². The first-order valence-corrected chi connectivity index (χ1v) is 12.1. The van der Waals surface area contributed by atoms with Crippen LogP contribution in [0.5, 0.6) is 0 Å². The number of hydrogen-bond donors (Lipinski definition) is 1. The minimum atomic E-state index is -0.0872. The van der Waals surface area contributed by atoms with Gasteiger partial charge in [-0.1, -0.05) is 47.5 Å². The summed E-state index contributed by atoms with van der Waals surface area (Å²) < 4.78 is 5.98. The summed E-state index contributed by atoms with van der Waals surface area (Å²) in [6, 6.07) is 21.8. The van der Waals surface area contributed by atoms with Gasteiger partial charge >= 0.3 is 0 Å². The number of aromatic amines is 1. The molecule has 5 aromatic rings. The number of H-pyrrole nitrogens is 1. The van der Waals surface area contributed by atoms with Gasteiger partial charge in [-0.05, 0) is 43.3 Å². The van der Waals surface area contributed by atoms with Gasteiger partial charge in [0.2, 0.25) is 0 Å². The fourth-order valence-electron chi connectivity index (χ4n) is 4.69. The standard InChI is InChI=1S/C29H22ClN3O3/c1-17-2-11-26-22(14-17)25(34)15-27(36-26)18-3-5-20(6-4-18)29(35)33-13-12-24-23(16-33)28(32-31-24)19-7-9-21(30)10-8-19/h2-11,14-15H,12-13,16H2,1H3,(H,31,32). The van der Waals surface area contributed by atoms with Crippen molar-refractivity contribution in [2.45, 2.75) is 19.9 Å². The number of carbonyl (C=O) groups excluding carboxylic acids is 1. The zero-order valence-corrected chi connectivity index (χ0v) is 20.3. The Morgan fingerprint density at radius 1 is 1.00 bits per heavy atom. The SMILES string of the molecule is Cc1ccc2oc(-c3ccc(C(=O)N4CCc5[nH]nc(-c6ccc(Cl)cc6)c5C4)cc3)cc(=O)c2c1. The molecule has 7 heteroatoms. The third-order valence-corrected chi connectivity index (χ3v) is 6.89. The van der Waals surface area contributed by atoms with E-state index in [1.165, 1.54) is 6.07 Å². The fourth-order valence-corrected chi connectivity index (χ4v) is 4.81. The molecule has 0 bridgehead atoms. The monoisotopic (exact) mass is 495 g/mol. The second-order valence-electron chi connectivity index (χ2n) is 9.06. The number of hydrogen-bond acceptors (Lipinski definition) is 4. The number of fused-ring (bicyclic) bond motifs is 2. The van der Waals surface area contributed by atoms with Crippen LogP contribution in [0.2, 0.25) is 5.02 Å². The normalized spacial score (nSPS) is 13.1. The van der Waals surface area contributed by atoms with Gasteiger partial charge in [-0.25, -0.2) is 0 Å². The molecule has 2 aromatic heterocycles. The Morgan fingerprint density at radius 3 is 2.53 bits per heavy atom. The van der Waals surface area contributed by atoms with Gasteiger partial charge in [-0.15, -0.1) is 0 Å². The number of aryl methyl sites for hydroxylation is 1. The van der Waals surface area contributed by atoms with E-state index in [-0.39, 0.29) is 11.3 Å². The Balaban J connectivity index is 1.25. The van der Waals surface area contributed by atoms with Crippen LogP contribution < -0.4 is 5.43 Å². The van der Waals surface area contributed by atoms with E-state index in [1.54, 1.807) is 12.1 Å². The van der Waals surface area contributed by atoms with Gasteiger partial charge in [0.25, 0.3) is 5.91 Å². The number of carbonyl (C=O) groups is 1. The Hall–Kier alpha value is -4.16. The molecule has 0 unspecified atom stereocenters. The maximum Gasteiger partial charge on any atom is 0.254 e. The van der Waals surface area contributed by atoms with Crippen LogP contribution >= 0.6 is 11.6 Å². The molecule has 1 amide bonds. The first kappa shape index (κ1) is 22.3. The van der Waals surface area contributed by atoms with E-state index >= 15 is 0 Å². The largest absolute Gasteiger partial charge is 0.456 e. The van der Waals surface area contributed by atoms with Crippen molar-refractivity contribution in [1.82, 2.24) is 15.1 Å². The summed E-state index contributed by atoms with van der Waals surface area (Å²) in [5.74, 6) is 0.426. The number of aromatic nitrogens is 2. The second-order valence-corrected chi connectivity index (χ2v) is 9.50. The van der Waals surface area contributed by atoms with Crippen LogP contribution in [0, 0.1) is 6.92 Å². The van der Waals surface area contributed by atoms with E-state index in [4.69, 9.17) is 16.0 Å². The van der Waals surface area contributed by atoms with Gasteiger partial charge in [0, 0.05) is 58.5 Å². The molecule has 36 heavy (non-hydrogen) atoms. The van der Waals surface area contributed by atoms with Crippen LogP contribution in [-0.4, -0.2) is 27.5 Å². The van der Waals surface area contributed by atoms with Crippen molar-refractivity contribution in [2.24, 2.45) is 0 Å². The van der Waals surface area contributed by atoms with E-state index < -0.39 is 0 Å². The molecule has 1 N–H and O–H groups in total. The molecule has 1 aliphatic heterocycles. The van der Waals surface area contributed by atoms with Crippen LogP contribution in [0.25, 0.3) is 33.6 Å². The van der Waals surface area contributed by atoms with Crippen LogP contribution in [-0.2, 0) is 13.0 Å². The zero-order valence-electron chi connectivity index (χ0n) is 19.5. The molecule has 0 aliphatic carbocycles. The Bertz CT molecular complexity index is 1670. The minimum absolute atomic E-state index is 0.0501. The van der Waals surface area contributed by atoms with Crippen LogP contribution in [0.4, 0.5) is 0 Å². The number of nitrogens with one attached hydrogen (secondary N) is 1. The molecule has 0 saturated carbocycles. The number of halogens is 1. The highest BCUT2D eigenvalue weighted by atomic mass is 35.5. The van der Waals surface area contributed by atoms with Gasteiger partial charge in [-0.2, -0.15) is 5.10 Å². The number of nitrogens with zero attached hydrogens (tertiary/aromatic N) is 2. The van der Waals surface area contributed by atoms with Crippen molar-refractivity contribution in [3.63, 3.8) is 0 Å². The predicted molar refractivity (Wildman–Crippen MR) is 140 cm³/mol. The van der Waals surface area contributed by atoms with Crippen molar-refractivity contribution < 1.29 is 9.21 Å². The predicted octanol–water partition coefficient (Wildman–Crippen LogP) is 6.01. The molecule has 0 saturated heterocycles. The van der Waals surface area contributed by atoms with Gasteiger partial charge < -0.3 is 9.32 Å². The third-order valence-electron chi connectivity index (χ3n) is 6.64. The van der Waals surface area contributed by atoms with Crippen molar-refractivity contribution in [2.75, 3.05) is 6.54 Å². The van der Waals surface area contributed by atoms with Gasteiger partial charge in [0.1, 0.15) is 11.3 Å². The average Bonchev–Trinajstić information content (AvgIpc) is 3.32. The summed E-state index contributed by atoms with van der Waals surface area (Å²) in [6.07, 6.45) is 0.710. The molecule has 6 nitrogen and oxygen atoms in total. The maximum absolute atomic E-state index is 13.3. The molecule has 3 heterocycles. The molecule has 1 aliphatic rings. The van der Waals surface area contributed by atoms with Crippen LogP contribution in [0.3, 0.4) is 0 Å². The molecule has 0 fully saturated rings. The lowest BCUT2D eigenvalue weighted by Crippen LogP contribution is -2.35. The first-order chi connectivity index (χ1) is 17.5. The van der Waals surface area contributed by atoms with Crippen molar-refractivity contribution >= 4 is 28.5 Å². The summed E-state index contributed by atoms with van der Waals surface area (Å²) in [4.78, 5) is 27.8. The number of benzene rings is 3. The molecule has 6 rings (SSSR count). The molecule has 0 atom stereocenters. The number of amides is 1. The van der Waals surface area contributed by atoms with Crippen molar-refractivity contribution in [3.05, 3.63) is 110 Å². The molecular weight excluding hydrogens is 474 g/mol. The first-order valence-electron chi connectivity index (χ1n) is 11.7. The summed E-state index contributed by atoms with van der Waals surface area (Å²) in [5.41, 5.74) is 6.68. The molecule has 0 radical (unpaired) electrons. The van der Waals surface area contributed by atoms with Crippen LogP contribution in [0.1, 0.15) is 27.2 Å². The summed E-state index contributed by atoms with van der Waals surface area (Å²) in [5, 5.41) is 8.86. The Kier molecular flexibility index (Phi) is 5.46. The average molecular weight is 496 g/mol. The van der Waals surface area contributed by atoms with Crippen LogP contribution in [0.15, 0.2) is 82.0 Å². The van der Waals surface area contributed by atoms with Crippen molar-refractivity contribution in [1.29, 1.82) is 0 Å². The van der Waals surface area contributed by atoms with Gasteiger partial charge in [0.15, 0.2) is 5.43 Å². The third kappa shape index (κ3) is 3.99. The zero-order chi connectivity index (χ0) is 24.8. The van der Waals surface area contributed by atoms with Crippen molar-refractivity contribution in [3.8, 4) is 22.6 Å². The Labute approximate surface area is 212 Å². The van der Waals surface area contributed by atoms with E-state index in [0.717, 1.165) is 33.6 Å². The highest BCUT2D eigenvalue weighted by Gasteiger charge is 2.26. The second kappa shape index (κ2) is 8.81. The summed E-state index contributed by atoms with van der Waals surface area (Å²) >= 11 is 6.04. The minimum Gasteiger partial charge on any atom is -0.456 e. The van der Waals surface area contributed by atoms with E-state index in [0.29, 0.717) is 46.8 Å². The topological polar surface area (TPSA) is 79.2 Å². The highest BCUT2D eigenvalue weighted by Crippen LogP contribution is 2.30. The van der Waals surface area contributed by atoms with E-state index in [2.05, 4.69) is 10.2 Å². The van der Waals surface area contributed by atoms with E-state index in [1.807, 2.05) is 66.4 Å². The fraction of sp³-hybridized carbons (Fsp3) is 0.138. The molecular formula is C29H22ClN3O3. The lowest BCUT2D eigenvalue weighted by atomic mass is 10.00. The van der Waals surface area contributed by atoms with Gasteiger partial charge in [-0.3, -0.25) is 14.7 Å². The molecule has 3 aromatic carbocycles. The number of rotatable bonds is 3. The Morgan fingerprint density at radius 2 is 1.75 bits per heavy atom. The summed E-state index contributed by atoms with van der Waals surface area (Å²) in [6.45, 7) is 3.02. The van der Waals surface area contributed by atoms with E-state index in [9.17, 15) is 9.59 Å². The maximum atomic E-state index is 13.3. The smallest absolute Gasteiger partial charge is 0.254 e. The molecule has 178 valence electrons. The quantitative estimate of drug-likeness (QED) is 0.332.